The maximum Gasteiger partial charge on any atom is 0.291 e. The predicted octanol–water partition coefficient (Wildman–Crippen LogP) is 2.89. The van der Waals surface area contributed by atoms with Gasteiger partial charge in [0, 0.05) is 11.4 Å². The maximum absolute atomic E-state index is 12.4. The number of thiophene rings is 1. The molecule has 2 aromatic heterocycles. The Morgan fingerprint density at radius 2 is 2.56 bits per heavy atom. The lowest BCUT2D eigenvalue weighted by molar-refractivity contribution is 0.0624. The van der Waals surface area contributed by atoms with Crippen molar-refractivity contribution >= 4 is 17.2 Å². The Bertz CT molecular complexity index is 547. The first-order valence-corrected chi connectivity index (χ1v) is 6.95. The smallest absolute Gasteiger partial charge is 0.291 e. The van der Waals surface area contributed by atoms with Gasteiger partial charge in [-0.3, -0.25) is 4.79 Å². The second kappa shape index (κ2) is 4.57. The van der Waals surface area contributed by atoms with Crippen molar-refractivity contribution in [1.82, 2.24) is 9.88 Å². The molecular formula is C13H14N2O2S. The van der Waals surface area contributed by atoms with Gasteiger partial charge in [-0.15, -0.1) is 11.3 Å². The number of fused-ring (bicyclic) bond motifs is 1. The number of rotatable bonds is 2. The van der Waals surface area contributed by atoms with E-state index in [1.54, 1.807) is 11.3 Å². The zero-order valence-electron chi connectivity index (χ0n) is 10.1. The number of hydrogen-bond donors (Lipinski definition) is 0. The lowest BCUT2D eigenvalue weighted by Gasteiger charge is -2.34. The fraction of sp³-hybridized carbons (Fsp3) is 0.385. The van der Waals surface area contributed by atoms with E-state index in [1.807, 2.05) is 4.90 Å². The lowest BCUT2D eigenvalue weighted by atomic mass is 9.97. The molecule has 1 aliphatic heterocycles. The minimum atomic E-state index is -0.0591. The molecule has 0 fully saturated rings. The summed E-state index contributed by atoms with van der Waals surface area (Å²) in [6.45, 7) is 2.86. The van der Waals surface area contributed by atoms with Crippen LogP contribution in [0.1, 0.15) is 40.4 Å². The molecule has 0 saturated heterocycles. The third-order valence-corrected chi connectivity index (χ3v) is 4.38. The van der Waals surface area contributed by atoms with Crippen LogP contribution >= 0.6 is 11.3 Å². The summed E-state index contributed by atoms with van der Waals surface area (Å²) in [6, 6.07) is 2.30. The van der Waals surface area contributed by atoms with Crippen LogP contribution in [0.25, 0.3) is 0 Å². The molecule has 0 saturated carbocycles. The Morgan fingerprint density at radius 3 is 3.28 bits per heavy atom. The van der Waals surface area contributed by atoms with E-state index >= 15 is 0 Å². The Hall–Kier alpha value is -1.62. The molecule has 0 unspecified atom stereocenters. The summed E-state index contributed by atoms with van der Waals surface area (Å²) in [7, 11) is 0. The highest BCUT2D eigenvalue weighted by Crippen LogP contribution is 2.35. The van der Waals surface area contributed by atoms with Crippen LogP contribution in [0.3, 0.4) is 0 Å². The quantitative estimate of drug-likeness (QED) is 0.836. The number of nitrogens with zero attached hydrogens (tertiary/aromatic N) is 2. The van der Waals surface area contributed by atoms with Crippen LogP contribution in [0.5, 0.6) is 0 Å². The molecule has 0 bridgehead atoms. The van der Waals surface area contributed by atoms with E-state index in [0.29, 0.717) is 5.76 Å². The van der Waals surface area contributed by atoms with Gasteiger partial charge in [0.05, 0.1) is 12.2 Å². The first kappa shape index (κ1) is 11.5. The van der Waals surface area contributed by atoms with Gasteiger partial charge >= 0.3 is 0 Å². The standard InChI is InChI=1S/C13H14N2O2S/c1-2-10-9-4-6-18-12(9)3-5-15(10)13(16)11-7-14-8-17-11/h4,6-8,10H,2-3,5H2,1H3/t10-/m1/s1. The van der Waals surface area contributed by atoms with Gasteiger partial charge in [-0.2, -0.15) is 0 Å². The second-order valence-corrected chi connectivity index (χ2v) is 5.34. The zero-order valence-corrected chi connectivity index (χ0v) is 10.9. The Kier molecular flexibility index (Phi) is 2.91. The molecular weight excluding hydrogens is 248 g/mol. The topological polar surface area (TPSA) is 46.3 Å². The molecule has 2 aromatic rings. The molecule has 4 nitrogen and oxygen atoms in total. The Balaban J connectivity index is 1.92. The molecule has 5 heteroatoms. The van der Waals surface area contributed by atoms with Crippen molar-refractivity contribution in [2.75, 3.05) is 6.54 Å². The van der Waals surface area contributed by atoms with E-state index in [-0.39, 0.29) is 11.9 Å². The van der Waals surface area contributed by atoms with Gasteiger partial charge < -0.3 is 9.32 Å². The SMILES string of the molecule is CC[C@@H]1c2ccsc2CCN1C(=O)c1cnco1. The largest absolute Gasteiger partial charge is 0.438 e. The molecule has 3 heterocycles. The predicted molar refractivity (Wildman–Crippen MR) is 68.6 cm³/mol. The normalized spacial score (nSPS) is 18.7. The average Bonchev–Trinajstić information content (AvgIpc) is 3.06. The minimum absolute atomic E-state index is 0.0591. The minimum Gasteiger partial charge on any atom is -0.438 e. The Labute approximate surface area is 109 Å². The van der Waals surface area contributed by atoms with E-state index < -0.39 is 0 Å². The first-order valence-electron chi connectivity index (χ1n) is 6.07. The van der Waals surface area contributed by atoms with Gasteiger partial charge in [0.15, 0.2) is 6.39 Å². The van der Waals surface area contributed by atoms with E-state index in [2.05, 4.69) is 23.4 Å². The number of aromatic nitrogens is 1. The van der Waals surface area contributed by atoms with Gasteiger partial charge in [-0.05, 0) is 29.9 Å². The first-order chi connectivity index (χ1) is 8.81. The van der Waals surface area contributed by atoms with Crippen LogP contribution in [0, 0.1) is 0 Å². The maximum atomic E-state index is 12.4. The molecule has 94 valence electrons. The molecule has 18 heavy (non-hydrogen) atoms. The Morgan fingerprint density at radius 1 is 1.67 bits per heavy atom. The van der Waals surface area contributed by atoms with Crippen molar-refractivity contribution in [2.24, 2.45) is 0 Å². The molecule has 0 spiro atoms. The van der Waals surface area contributed by atoms with Crippen LogP contribution in [-0.4, -0.2) is 22.3 Å². The number of amides is 1. The third-order valence-electron chi connectivity index (χ3n) is 3.39. The number of carbonyl (C=O) groups is 1. The van der Waals surface area contributed by atoms with Crippen LogP contribution in [-0.2, 0) is 6.42 Å². The monoisotopic (exact) mass is 262 g/mol. The molecule has 1 amide bonds. The highest BCUT2D eigenvalue weighted by Gasteiger charge is 2.31. The van der Waals surface area contributed by atoms with Gasteiger partial charge in [-0.25, -0.2) is 4.98 Å². The molecule has 0 N–H and O–H groups in total. The number of hydrogen-bond acceptors (Lipinski definition) is 4. The van der Waals surface area contributed by atoms with Crippen LogP contribution in [0.2, 0.25) is 0 Å². The molecule has 0 aliphatic carbocycles. The highest BCUT2D eigenvalue weighted by atomic mass is 32.1. The summed E-state index contributed by atoms with van der Waals surface area (Å²) in [5, 5.41) is 2.11. The summed E-state index contributed by atoms with van der Waals surface area (Å²) in [5.74, 6) is 0.267. The number of oxazole rings is 1. The van der Waals surface area contributed by atoms with E-state index in [1.165, 1.54) is 23.0 Å². The van der Waals surface area contributed by atoms with Crippen molar-refractivity contribution in [3.05, 3.63) is 40.2 Å². The highest BCUT2D eigenvalue weighted by molar-refractivity contribution is 7.10. The van der Waals surface area contributed by atoms with Crippen LogP contribution in [0.15, 0.2) is 28.5 Å². The molecule has 0 aromatic carbocycles. The molecule has 0 radical (unpaired) electrons. The summed E-state index contributed by atoms with van der Waals surface area (Å²) in [6.07, 6.45) is 4.64. The van der Waals surface area contributed by atoms with E-state index in [0.717, 1.165) is 19.4 Å². The van der Waals surface area contributed by atoms with Gasteiger partial charge in [-0.1, -0.05) is 6.92 Å². The van der Waals surface area contributed by atoms with Crippen molar-refractivity contribution in [2.45, 2.75) is 25.8 Å². The molecule has 3 rings (SSSR count). The van der Waals surface area contributed by atoms with E-state index in [9.17, 15) is 4.79 Å². The summed E-state index contributed by atoms with van der Waals surface area (Å²) in [5.41, 5.74) is 1.29. The molecule has 1 atom stereocenters. The second-order valence-electron chi connectivity index (χ2n) is 4.34. The fourth-order valence-electron chi connectivity index (χ4n) is 2.54. The van der Waals surface area contributed by atoms with Crippen LogP contribution < -0.4 is 0 Å². The van der Waals surface area contributed by atoms with Crippen molar-refractivity contribution < 1.29 is 9.21 Å². The summed E-state index contributed by atoms with van der Waals surface area (Å²) >= 11 is 1.78. The summed E-state index contributed by atoms with van der Waals surface area (Å²) in [4.78, 5) is 19.5. The zero-order chi connectivity index (χ0) is 12.5. The fourth-order valence-corrected chi connectivity index (χ4v) is 3.47. The van der Waals surface area contributed by atoms with Crippen molar-refractivity contribution in [3.63, 3.8) is 0 Å². The summed E-state index contributed by atoms with van der Waals surface area (Å²) < 4.78 is 5.11. The number of carbonyl (C=O) groups excluding carboxylic acids is 1. The third kappa shape index (κ3) is 1.75. The van der Waals surface area contributed by atoms with Gasteiger partial charge in [0.25, 0.3) is 5.91 Å². The average molecular weight is 262 g/mol. The van der Waals surface area contributed by atoms with Gasteiger partial charge in [0.2, 0.25) is 5.76 Å². The van der Waals surface area contributed by atoms with Crippen LogP contribution in [0.4, 0.5) is 0 Å². The van der Waals surface area contributed by atoms with Gasteiger partial charge in [0.1, 0.15) is 0 Å². The molecule has 1 aliphatic rings. The van der Waals surface area contributed by atoms with E-state index in [4.69, 9.17) is 4.42 Å². The van der Waals surface area contributed by atoms with Crippen molar-refractivity contribution in [1.29, 1.82) is 0 Å². The lowest BCUT2D eigenvalue weighted by Crippen LogP contribution is -2.39. The van der Waals surface area contributed by atoms with Crippen molar-refractivity contribution in [3.8, 4) is 0 Å².